The van der Waals surface area contributed by atoms with Crippen molar-refractivity contribution in [3.05, 3.63) is 53.6 Å². The van der Waals surface area contributed by atoms with Crippen LogP contribution in [0.25, 0.3) is 0 Å². The molecule has 32 heavy (non-hydrogen) atoms. The lowest BCUT2D eigenvalue weighted by Gasteiger charge is -2.35. The largest absolute Gasteiger partial charge is 0.497 e. The van der Waals surface area contributed by atoms with E-state index in [9.17, 15) is 13.2 Å². The predicted octanol–water partition coefficient (Wildman–Crippen LogP) is 2.64. The van der Waals surface area contributed by atoms with E-state index in [0.717, 1.165) is 13.1 Å². The van der Waals surface area contributed by atoms with Crippen LogP contribution in [0.3, 0.4) is 0 Å². The molecule has 1 aliphatic rings. The summed E-state index contributed by atoms with van der Waals surface area (Å²) in [6, 6.07) is 11.1. The van der Waals surface area contributed by atoms with Crippen molar-refractivity contribution in [1.82, 2.24) is 10.2 Å². The minimum absolute atomic E-state index is 0.0277. The molecular weight excluding hydrogens is 430 g/mol. The molecule has 0 aliphatic carbocycles. The lowest BCUT2D eigenvalue weighted by molar-refractivity contribution is -0.0672. The molecule has 1 aliphatic heterocycles. The molecule has 8 nitrogen and oxygen atoms in total. The normalized spacial score (nSPS) is 19.4. The van der Waals surface area contributed by atoms with E-state index in [1.165, 1.54) is 12.1 Å². The zero-order valence-corrected chi connectivity index (χ0v) is 19.7. The SMILES string of the molecule is COc1ccc(NS(=O)(=O)c2ccc(C)c(C(=O)NCCN3CC(C)OC(C)C3)c2)cc1. The first-order valence-electron chi connectivity index (χ1n) is 10.6. The second-order valence-electron chi connectivity index (χ2n) is 8.08. The van der Waals surface area contributed by atoms with E-state index in [0.29, 0.717) is 35.7 Å². The minimum Gasteiger partial charge on any atom is -0.497 e. The Kier molecular flexibility index (Phi) is 7.76. The molecular formula is C23H31N3O5S. The average Bonchev–Trinajstić information content (AvgIpc) is 2.73. The van der Waals surface area contributed by atoms with Crippen molar-refractivity contribution in [2.45, 2.75) is 37.9 Å². The second kappa shape index (κ2) is 10.3. The van der Waals surface area contributed by atoms with E-state index in [-0.39, 0.29) is 23.0 Å². The minimum atomic E-state index is -3.85. The quantitative estimate of drug-likeness (QED) is 0.627. The zero-order chi connectivity index (χ0) is 23.3. The summed E-state index contributed by atoms with van der Waals surface area (Å²) in [4.78, 5) is 15.0. The number of morpholine rings is 1. The molecule has 3 rings (SSSR count). The van der Waals surface area contributed by atoms with E-state index in [1.807, 2.05) is 13.8 Å². The third kappa shape index (κ3) is 6.21. The number of hydrogen-bond donors (Lipinski definition) is 2. The van der Waals surface area contributed by atoms with Crippen LogP contribution in [-0.2, 0) is 14.8 Å². The van der Waals surface area contributed by atoms with Gasteiger partial charge in [-0.2, -0.15) is 0 Å². The average molecular weight is 462 g/mol. The van der Waals surface area contributed by atoms with Gasteiger partial charge in [-0.3, -0.25) is 14.4 Å². The van der Waals surface area contributed by atoms with Gasteiger partial charge in [0, 0.05) is 37.4 Å². The number of aryl methyl sites for hydroxylation is 1. The van der Waals surface area contributed by atoms with Crippen LogP contribution >= 0.6 is 0 Å². The third-order valence-electron chi connectivity index (χ3n) is 5.32. The Morgan fingerprint density at radius 2 is 1.78 bits per heavy atom. The first kappa shape index (κ1) is 24.0. The number of benzene rings is 2. The summed E-state index contributed by atoms with van der Waals surface area (Å²) in [7, 11) is -2.31. The number of ether oxygens (including phenoxy) is 2. The Morgan fingerprint density at radius 3 is 2.41 bits per heavy atom. The van der Waals surface area contributed by atoms with E-state index in [4.69, 9.17) is 9.47 Å². The highest BCUT2D eigenvalue weighted by Gasteiger charge is 2.22. The van der Waals surface area contributed by atoms with Gasteiger partial charge in [-0.1, -0.05) is 6.07 Å². The molecule has 0 aromatic heterocycles. The summed E-state index contributed by atoms with van der Waals surface area (Å²) in [5, 5.41) is 2.91. The lowest BCUT2D eigenvalue weighted by Crippen LogP contribution is -2.47. The number of nitrogens with zero attached hydrogens (tertiary/aromatic N) is 1. The van der Waals surface area contributed by atoms with Gasteiger partial charge in [-0.15, -0.1) is 0 Å². The topological polar surface area (TPSA) is 97.0 Å². The number of carbonyl (C=O) groups is 1. The predicted molar refractivity (Wildman–Crippen MR) is 124 cm³/mol. The van der Waals surface area contributed by atoms with Crippen molar-refractivity contribution in [2.24, 2.45) is 0 Å². The summed E-state index contributed by atoms with van der Waals surface area (Å²) in [6.45, 7) is 8.69. The van der Waals surface area contributed by atoms with Crippen LogP contribution < -0.4 is 14.8 Å². The number of anilines is 1. The molecule has 0 saturated carbocycles. The molecule has 2 unspecified atom stereocenters. The van der Waals surface area contributed by atoms with Crippen LogP contribution in [0.5, 0.6) is 5.75 Å². The van der Waals surface area contributed by atoms with E-state index in [2.05, 4.69) is 14.9 Å². The van der Waals surface area contributed by atoms with Gasteiger partial charge in [-0.25, -0.2) is 8.42 Å². The maximum atomic E-state index is 12.8. The molecule has 0 bridgehead atoms. The zero-order valence-electron chi connectivity index (χ0n) is 18.9. The van der Waals surface area contributed by atoms with Gasteiger partial charge in [0.2, 0.25) is 0 Å². The Labute approximate surface area is 190 Å². The number of hydrogen-bond acceptors (Lipinski definition) is 6. The van der Waals surface area contributed by atoms with Crippen LogP contribution in [0.4, 0.5) is 5.69 Å². The van der Waals surface area contributed by atoms with Crippen molar-refractivity contribution < 1.29 is 22.7 Å². The summed E-state index contributed by atoms with van der Waals surface area (Å²) in [5.41, 5.74) is 1.46. The standard InChI is InChI=1S/C23H31N3O5S/c1-16-5-10-21(32(28,29)25-19-6-8-20(30-4)9-7-19)13-22(16)23(27)24-11-12-26-14-17(2)31-18(3)15-26/h5-10,13,17-18,25H,11-12,14-15H2,1-4H3,(H,24,27). The molecule has 2 atom stereocenters. The van der Waals surface area contributed by atoms with Crippen LogP contribution in [-0.4, -0.2) is 64.7 Å². The van der Waals surface area contributed by atoms with E-state index in [1.54, 1.807) is 44.4 Å². The number of methoxy groups -OCH3 is 1. The van der Waals surface area contributed by atoms with E-state index < -0.39 is 10.0 Å². The number of amides is 1. The van der Waals surface area contributed by atoms with Gasteiger partial charge in [0.05, 0.1) is 24.2 Å². The molecule has 9 heteroatoms. The summed E-state index contributed by atoms with van der Waals surface area (Å²) >= 11 is 0. The van der Waals surface area contributed by atoms with Crippen molar-refractivity contribution in [2.75, 3.05) is 38.0 Å². The monoisotopic (exact) mass is 461 g/mol. The van der Waals surface area contributed by atoms with Crippen LogP contribution in [0.2, 0.25) is 0 Å². The number of carbonyl (C=O) groups excluding carboxylic acids is 1. The maximum absolute atomic E-state index is 12.8. The Morgan fingerprint density at radius 1 is 1.12 bits per heavy atom. The van der Waals surface area contributed by atoms with Crippen molar-refractivity contribution >= 4 is 21.6 Å². The fourth-order valence-corrected chi connectivity index (χ4v) is 4.86. The van der Waals surface area contributed by atoms with Crippen LogP contribution in [0.15, 0.2) is 47.4 Å². The summed E-state index contributed by atoms with van der Waals surface area (Å²) in [5.74, 6) is 0.335. The highest BCUT2D eigenvalue weighted by molar-refractivity contribution is 7.92. The molecule has 174 valence electrons. The number of rotatable bonds is 8. The van der Waals surface area contributed by atoms with E-state index >= 15 is 0 Å². The first-order chi connectivity index (χ1) is 15.2. The molecule has 1 fully saturated rings. The number of sulfonamides is 1. The summed E-state index contributed by atoms with van der Waals surface area (Å²) in [6.07, 6.45) is 0.327. The second-order valence-corrected chi connectivity index (χ2v) is 9.77. The van der Waals surface area contributed by atoms with Crippen molar-refractivity contribution in [3.63, 3.8) is 0 Å². The van der Waals surface area contributed by atoms with Crippen molar-refractivity contribution in [1.29, 1.82) is 0 Å². The third-order valence-corrected chi connectivity index (χ3v) is 6.69. The highest BCUT2D eigenvalue weighted by atomic mass is 32.2. The molecule has 2 N–H and O–H groups in total. The summed E-state index contributed by atoms with van der Waals surface area (Å²) < 4.78 is 39.0. The van der Waals surface area contributed by atoms with Crippen LogP contribution in [0.1, 0.15) is 29.8 Å². The fourth-order valence-electron chi connectivity index (χ4n) is 3.78. The smallest absolute Gasteiger partial charge is 0.261 e. The fraction of sp³-hybridized carbons (Fsp3) is 0.435. The van der Waals surface area contributed by atoms with Gasteiger partial charge in [0.1, 0.15) is 5.75 Å². The maximum Gasteiger partial charge on any atom is 0.261 e. The molecule has 2 aromatic rings. The van der Waals surface area contributed by atoms with Gasteiger partial charge in [0.25, 0.3) is 15.9 Å². The number of nitrogens with one attached hydrogen (secondary N) is 2. The molecule has 0 spiro atoms. The molecule has 0 radical (unpaired) electrons. The van der Waals surface area contributed by atoms with Gasteiger partial charge in [-0.05, 0) is 62.7 Å². The Bertz CT molecular complexity index is 1030. The molecule has 1 amide bonds. The molecule has 1 heterocycles. The first-order valence-corrected chi connectivity index (χ1v) is 12.1. The Hall–Kier alpha value is -2.62. The molecule has 2 aromatic carbocycles. The van der Waals surface area contributed by atoms with Gasteiger partial charge >= 0.3 is 0 Å². The lowest BCUT2D eigenvalue weighted by atomic mass is 10.1. The van der Waals surface area contributed by atoms with Crippen LogP contribution in [0, 0.1) is 6.92 Å². The van der Waals surface area contributed by atoms with Crippen molar-refractivity contribution in [3.8, 4) is 5.75 Å². The van der Waals surface area contributed by atoms with Gasteiger partial charge in [0.15, 0.2) is 0 Å². The van der Waals surface area contributed by atoms with Gasteiger partial charge < -0.3 is 14.8 Å². The Balaban J connectivity index is 1.65. The molecule has 1 saturated heterocycles. The highest BCUT2D eigenvalue weighted by Crippen LogP contribution is 2.21.